The summed E-state index contributed by atoms with van der Waals surface area (Å²) in [7, 11) is 0. The quantitative estimate of drug-likeness (QED) is 0.831. The third kappa shape index (κ3) is 2.26. The second-order valence-electron chi connectivity index (χ2n) is 3.44. The van der Waals surface area contributed by atoms with Gasteiger partial charge in [0.05, 0.1) is 0 Å². The van der Waals surface area contributed by atoms with Crippen LogP contribution in [0.3, 0.4) is 0 Å². The molecule has 2 aromatic rings. The molecule has 78 valence electrons. The summed E-state index contributed by atoms with van der Waals surface area (Å²) in [5.74, 6) is 0. The molecule has 0 aliphatic heterocycles. The van der Waals surface area contributed by atoms with Gasteiger partial charge < -0.3 is 11.5 Å². The second kappa shape index (κ2) is 4.57. The molecule has 4 N–H and O–H groups in total. The van der Waals surface area contributed by atoms with Gasteiger partial charge in [-0.15, -0.1) is 11.3 Å². The maximum atomic E-state index is 5.89. The fourth-order valence-electron chi connectivity index (χ4n) is 1.50. The van der Waals surface area contributed by atoms with Crippen molar-refractivity contribution in [3.05, 3.63) is 47.3 Å². The van der Waals surface area contributed by atoms with E-state index in [-0.39, 0.29) is 6.04 Å². The molecule has 2 rings (SSSR count). The van der Waals surface area contributed by atoms with Crippen molar-refractivity contribution < 1.29 is 0 Å². The molecule has 3 heteroatoms. The first kappa shape index (κ1) is 10.4. The highest BCUT2D eigenvalue weighted by Crippen LogP contribution is 2.26. The minimum absolute atomic E-state index is 0.0649. The van der Waals surface area contributed by atoms with Crippen molar-refractivity contribution in [2.45, 2.75) is 6.04 Å². The Balaban J connectivity index is 2.35. The van der Waals surface area contributed by atoms with E-state index in [0.717, 1.165) is 5.56 Å². The van der Waals surface area contributed by atoms with Crippen LogP contribution in [0.2, 0.25) is 0 Å². The fraction of sp³-hybridized carbons (Fsp3) is 0.167. The van der Waals surface area contributed by atoms with E-state index in [1.54, 1.807) is 11.3 Å². The molecule has 0 saturated heterocycles. The zero-order valence-electron chi connectivity index (χ0n) is 8.39. The van der Waals surface area contributed by atoms with E-state index in [4.69, 9.17) is 11.5 Å². The SMILES string of the molecule is NC[C@@H](N)c1cccc(-c2cccs2)c1. The summed E-state index contributed by atoms with van der Waals surface area (Å²) in [6.45, 7) is 0.480. The average molecular weight is 218 g/mol. The Morgan fingerprint density at radius 1 is 1.20 bits per heavy atom. The van der Waals surface area contributed by atoms with Gasteiger partial charge in [-0.3, -0.25) is 0 Å². The smallest absolute Gasteiger partial charge is 0.0419 e. The molecule has 0 fully saturated rings. The number of hydrogen-bond acceptors (Lipinski definition) is 3. The van der Waals surface area contributed by atoms with E-state index in [2.05, 4.69) is 29.6 Å². The molecule has 0 bridgehead atoms. The molecule has 0 unspecified atom stereocenters. The van der Waals surface area contributed by atoms with Crippen LogP contribution in [0.5, 0.6) is 0 Å². The molecule has 0 aliphatic carbocycles. The fourth-order valence-corrected chi connectivity index (χ4v) is 2.23. The van der Waals surface area contributed by atoms with Gasteiger partial charge >= 0.3 is 0 Å². The molecule has 1 aromatic heterocycles. The Morgan fingerprint density at radius 3 is 2.73 bits per heavy atom. The standard InChI is InChI=1S/C12H14N2S/c13-8-11(14)9-3-1-4-10(7-9)12-5-2-6-15-12/h1-7,11H,8,13-14H2/t11-/m1/s1. The molecule has 1 heterocycles. The lowest BCUT2D eigenvalue weighted by atomic mass is 10.0. The van der Waals surface area contributed by atoms with Gasteiger partial charge in [0.25, 0.3) is 0 Å². The highest BCUT2D eigenvalue weighted by atomic mass is 32.1. The van der Waals surface area contributed by atoms with Gasteiger partial charge in [0.1, 0.15) is 0 Å². The summed E-state index contributed by atoms with van der Waals surface area (Å²) in [5.41, 5.74) is 13.8. The minimum Gasteiger partial charge on any atom is -0.329 e. The number of rotatable bonds is 3. The van der Waals surface area contributed by atoms with E-state index in [9.17, 15) is 0 Å². The molecule has 2 nitrogen and oxygen atoms in total. The van der Waals surface area contributed by atoms with E-state index < -0.39 is 0 Å². The van der Waals surface area contributed by atoms with Crippen molar-refractivity contribution in [2.24, 2.45) is 11.5 Å². The van der Waals surface area contributed by atoms with Crippen LogP contribution >= 0.6 is 11.3 Å². The molecule has 0 saturated carbocycles. The Bertz CT molecular complexity index is 423. The largest absolute Gasteiger partial charge is 0.329 e. The molecule has 0 amide bonds. The van der Waals surface area contributed by atoms with Crippen molar-refractivity contribution in [3.8, 4) is 10.4 Å². The topological polar surface area (TPSA) is 52.0 Å². The van der Waals surface area contributed by atoms with E-state index in [1.165, 1.54) is 10.4 Å². The third-order valence-electron chi connectivity index (χ3n) is 2.37. The number of benzene rings is 1. The molecule has 0 aliphatic rings. The van der Waals surface area contributed by atoms with Crippen LogP contribution in [0, 0.1) is 0 Å². The summed E-state index contributed by atoms with van der Waals surface area (Å²) in [6, 6.07) is 12.4. The zero-order valence-corrected chi connectivity index (χ0v) is 9.21. The van der Waals surface area contributed by atoms with Gasteiger partial charge in [-0.25, -0.2) is 0 Å². The van der Waals surface area contributed by atoms with Crippen molar-refractivity contribution >= 4 is 11.3 Å². The van der Waals surface area contributed by atoms with Crippen LogP contribution in [0.15, 0.2) is 41.8 Å². The highest BCUT2D eigenvalue weighted by molar-refractivity contribution is 7.13. The Hall–Kier alpha value is -1.16. The Morgan fingerprint density at radius 2 is 2.07 bits per heavy atom. The van der Waals surface area contributed by atoms with E-state index in [0.29, 0.717) is 6.54 Å². The number of hydrogen-bond donors (Lipinski definition) is 2. The first-order valence-corrected chi connectivity index (χ1v) is 5.78. The van der Waals surface area contributed by atoms with Gasteiger partial charge in [0.2, 0.25) is 0 Å². The molecule has 15 heavy (non-hydrogen) atoms. The van der Waals surface area contributed by atoms with Crippen molar-refractivity contribution in [1.29, 1.82) is 0 Å². The molecule has 1 aromatic carbocycles. The number of thiophene rings is 1. The van der Waals surface area contributed by atoms with Gasteiger partial charge in [0.15, 0.2) is 0 Å². The van der Waals surface area contributed by atoms with Crippen LogP contribution in [-0.4, -0.2) is 6.54 Å². The zero-order chi connectivity index (χ0) is 10.7. The first-order chi connectivity index (χ1) is 7.31. The lowest BCUT2D eigenvalue weighted by molar-refractivity contribution is 0.737. The summed E-state index contributed by atoms with van der Waals surface area (Å²) >= 11 is 1.73. The summed E-state index contributed by atoms with van der Waals surface area (Å²) in [6.07, 6.45) is 0. The van der Waals surface area contributed by atoms with Crippen molar-refractivity contribution in [1.82, 2.24) is 0 Å². The lowest BCUT2D eigenvalue weighted by Gasteiger charge is -2.09. The van der Waals surface area contributed by atoms with Crippen LogP contribution < -0.4 is 11.5 Å². The molecular weight excluding hydrogens is 204 g/mol. The Kier molecular flexibility index (Phi) is 3.16. The first-order valence-electron chi connectivity index (χ1n) is 4.91. The van der Waals surface area contributed by atoms with Crippen LogP contribution in [0.25, 0.3) is 10.4 Å². The Labute approximate surface area is 93.5 Å². The number of nitrogens with two attached hydrogens (primary N) is 2. The molecule has 0 radical (unpaired) electrons. The summed E-state index contributed by atoms with van der Waals surface area (Å²) in [5, 5.41) is 2.07. The summed E-state index contributed by atoms with van der Waals surface area (Å²) < 4.78 is 0. The van der Waals surface area contributed by atoms with E-state index >= 15 is 0 Å². The van der Waals surface area contributed by atoms with Crippen LogP contribution in [0.1, 0.15) is 11.6 Å². The normalized spacial score (nSPS) is 12.7. The molecule has 0 spiro atoms. The molecule has 1 atom stereocenters. The second-order valence-corrected chi connectivity index (χ2v) is 4.39. The van der Waals surface area contributed by atoms with Crippen LogP contribution in [-0.2, 0) is 0 Å². The van der Waals surface area contributed by atoms with Gasteiger partial charge in [-0.1, -0.05) is 24.3 Å². The highest BCUT2D eigenvalue weighted by Gasteiger charge is 2.05. The predicted molar refractivity (Wildman–Crippen MR) is 65.7 cm³/mol. The maximum absolute atomic E-state index is 5.89. The van der Waals surface area contributed by atoms with Crippen molar-refractivity contribution in [2.75, 3.05) is 6.54 Å². The lowest BCUT2D eigenvalue weighted by Crippen LogP contribution is -2.20. The van der Waals surface area contributed by atoms with Gasteiger partial charge in [-0.2, -0.15) is 0 Å². The predicted octanol–water partition coefficient (Wildman–Crippen LogP) is 2.37. The minimum atomic E-state index is -0.0649. The van der Waals surface area contributed by atoms with Crippen molar-refractivity contribution in [3.63, 3.8) is 0 Å². The van der Waals surface area contributed by atoms with Gasteiger partial charge in [-0.05, 0) is 28.6 Å². The van der Waals surface area contributed by atoms with E-state index in [1.807, 2.05) is 12.1 Å². The average Bonchev–Trinajstić information content (AvgIpc) is 2.82. The van der Waals surface area contributed by atoms with Gasteiger partial charge in [0, 0.05) is 17.5 Å². The summed E-state index contributed by atoms with van der Waals surface area (Å²) in [4.78, 5) is 1.26. The monoisotopic (exact) mass is 218 g/mol. The van der Waals surface area contributed by atoms with Crippen LogP contribution in [0.4, 0.5) is 0 Å². The third-order valence-corrected chi connectivity index (χ3v) is 3.29. The maximum Gasteiger partial charge on any atom is 0.0419 e. The molecular formula is C12H14N2S.